The lowest BCUT2D eigenvalue weighted by atomic mass is 9.63. The van der Waals surface area contributed by atoms with Crippen molar-refractivity contribution in [1.82, 2.24) is 0 Å². The second-order valence-electron chi connectivity index (χ2n) is 11.8. The lowest BCUT2D eigenvalue weighted by Gasteiger charge is -2.53. The molecule has 2 fully saturated rings. The molecule has 12 nitrogen and oxygen atoms in total. The SMILES string of the molecule is C=C(C)C(=O)OC1CCC2C(OC(=O)C(=C)C)C(OC(=O)C(=C)C)C(OC(=O)C(=C)C)C(OC(=O)C(=C)C)C2C1OC(=O)C(=C)C. The Balaban J connectivity index is 2.94. The Hall–Kier alpha value is -4.74. The van der Waals surface area contributed by atoms with Crippen LogP contribution in [-0.4, -0.2) is 72.4 Å². The topological polar surface area (TPSA) is 158 Å². The van der Waals surface area contributed by atoms with E-state index in [0.717, 1.165) is 0 Å². The van der Waals surface area contributed by atoms with Crippen molar-refractivity contribution in [2.24, 2.45) is 11.8 Å². The summed E-state index contributed by atoms with van der Waals surface area (Å²) >= 11 is 0. The number of hydrogen-bond acceptors (Lipinski definition) is 12. The Bertz CT molecular complexity index is 1360. The van der Waals surface area contributed by atoms with Crippen molar-refractivity contribution in [3.05, 3.63) is 72.9 Å². The molecule has 0 aliphatic heterocycles. The number of carbonyl (C=O) groups is 6. The lowest BCUT2D eigenvalue weighted by molar-refractivity contribution is -0.254. The number of esters is 6. The molecule has 0 amide bonds. The summed E-state index contributed by atoms with van der Waals surface area (Å²) in [4.78, 5) is 77.8. The van der Waals surface area contributed by atoms with Crippen LogP contribution in [0.4, 0.5) is 0 Å². The van der Waals surface area contributed by atoms with Gasteiger partial charge in [0.15, 0.2) is 12.2 Å². The third-order valence-corrected chi connectivity index (χ3v) is 7.36. The van der Waals surface area contributed by atoms with Gasteiger partial charge >= 0.3 is 35.8 Å². The largest absolute Gasteiger partial charge is 0.455 e. The molecule has 0 aromatic carbocycles. The molecule has 0 heterocycles. The molecule has 12 heteroatoms. The molecule has 0 saturated heterocycles. The Morgan fingerprint density at radius 3 is 1.04 bits per heavy atom. The molecule has 2 saturated carbocycles. The second kappa shape index (κ2) is 15.5. The van der Waals surface area contributed by atoms with E-state index in [2.05, 4.69) is 39.5 Å². The Kier molecular flexibility index (Phi) is 12.6. The zero-order valence-electron chi connectivity index (χ0n) is 27.2. The average Bonchev–Trinajstić information content (AvgIpc) is 2.96. The summed E-state index contributed by atoms with van der Waals surface area (Å²) in [5.41, 5.74) is -0.0611. The summed E-state index contributed by atoms with van der Waals surface area (Å²) in [6, 6.07) is 0. The molecule has 0 aromatic rings. The highest BCUT2D eigenvalue weighted by atomic mass is 16.6. The molecule has 0 spiro atoms. The van der Waals surface area contributed by atoms with E-state index in [9.17, 15) is 28.8 Å². The number of rotatable bonds is 12. The smallest absolute Gasteiger partial charge is 0.333 e. The molecule has 0 bridgehead atoms. The van der Waals surface area contributed by atoms with Gasteiger partial charge in [0.2, 0.25) is 0 Å². The highest BCUT2D eigenvalue weighted by molar-refractivity contribution is 5.90. The maximum absolute atomic E-state index is 13.1. The summed E-state index contributed by atoms with van der Waals surface area (Å²) in [6.07, 6.45) is -8.45. The number of ether oxygens (including phenoxy) is 6. The highest BCUT2D eigenvalue weighted by Gasteiger charge is 2.63. The van der Waals surface area contributed by atoms with E-state index in [1.54, 1.807) is 0 Å². The van der Waals surface area contributed by atoms with E-state index in [1.807, 2.05) is 0 Å². The summed E-state index contributed by atoms with van der Waals surface area (Å²) in [5, 5.41) is 0. The maximum Gasteiger partial charge on any atom is 0.333 e. The Morgan fingerprint density at radius 1 is 0.391 bits per heavy atom. The summed E-state index contributed by atoms with van der Waals surface area (Å²) in [6.45, 7) is 30.0. The lowest BCUT2D eigenvalue weighted by Crippen LogP contribution is -2.68. The van der Waals surface area contributed by atoms with Crippen LogP contribution in [-0.2, 0) is 57.2 Å². The molecule has 8 unspecified atom stereocenters. The molecule has 0 N–H and O–H groups in total. The molecule has 2 rings (SSSR count). The molecule has 46 heavy (non-hydrogen) atoms. The van der Waals surface area contributed by atoms with E-state index in [0.29, 0.717) is 0 Å². The standard InChI is InChI=1S/C34H42O12/c1-15(2)29(35)41-22-14-13-21-23(25(22)43-31(37)17(5)6)26(44-32(38)18(7)8)28(46-34(40)20(11)12)27(45-33(39)19(9)10)24(21)42-30(36)16(3)4/h21-28H,1,3,5,7,9,11,13-14H2,2,4,6,8,10,12H3. The van der Waals surface area contributed by atoms with Crippen molar-refractivity contribution < 1.29 is 57.2 Å². The minimum Gasteiger partial charge on any atom is -0.455 e. The highest BCUT2D eigenvalue weighted by Crippen LogP contribution is 2.48. The first-order valence-electron chi connectivity index (χ1n) is 14.5. The average molecular weight is 643 g/mol. The van der Waals surface area contributed by atoms with Crippen LogP contribution < -0.4 is 0 Å². The molecule has 0 radical (unpaired) electrons. The van der Waals surface area contributed by atoms with Gasteiger partial charge in [0, 0.05) is 45.3 Å². The molecular formula is C34H42O12. The summed E-state index contributed by atoms with van der Waals surface area (Å²) in [5.74, 6) is -7.38. The van der Waals surface area contributed by atoms with Gasteiger partial charge < -0.3 is 28.4 Å². The van der Waals surface area contributed by atoms with Crippen LogP contribution in [0.25, 0.3) is 0 Å². The van der Waals surface area contributed by atoms with Gasteiger partial charge in [0.05, 0.1) is 0 Å². The number of fused-ring (bicyclic) bond motifs is 1. The molecule has 0 aromatic heterocycles. The summed E-state index contributed by atoms with van der Waals surface area (Å²) in [7, 11) is 0. The summed E-state index contributed by atoms with van der Waals surface area (Å²) < 4.78 is 34.8. The van der Waals surface area contributed by atoms with Crippen molar-refractivity contribution in [2.75, 3.05) is 0 Å². The van der Waals surface area contributed by atoms with Crippen molar-refractivity contribution in [3.63, 3.8) is 0 Å². The predicted molar refractivity (Wildman–Crippen MR) is 164 cm³/mol. The molecule has 2 aliphatic carbocycles. The number of carbonyl (C=O) groups excluding carboxylic acids is 6. The van der Waals surface area contributed by atoms with Crippen LogP contribution in [0.5, 0.6) is 0 Å². The van der Waals surface area contributed by atoms with Crippen LogP contribution in [0.15, 0.2) is 72.9 Å². The normalized spacial score (nSPS) is 26.5. The van der Waals surface area contributed by atoms with E-state index in [4.69, 9.17) is 28.4 Å². The fourth-order valence-electron chi connectivity index (χ4n) is 5.06. The zero-order chi connectivity index (χ0) is 35.2. The van der Waals surface area contributed by atoms with E-state index >= 15 is 0 Å². The van der Waals surface area contributed by atoms with Gasteiger partial charge in [0.1, 0.15) is 24.4 Å². The first-order chi connectivity index (χ1) is 21.3. The van der Waals surface area contributed by atoms with E-state index in [1.165, 1.54) is 41.5 Å². The van der Waals surface area contributed by atoms with Crippen LogP contribution >= 0.6 is 0 Å². The monoisotopic (exact) mass is 642 g/mol. The quantitative estimate of drug-likeness (QED) is 0.172. The predicted octanol–water partition coefficient (Wildman–Crippen LogP) is 3.95. The van der Waals surface area contributed by atoms with E-state index in [-0.39, 0.29) is 46.3 Å². The molecule has 8 atom stereocenters. The second-order valence-corrected chi connectivity index (χ2v) is 11.8. The minimum absolute atomic E-state index is 0.00201. The van der Waals surface area contributed by atoms with Gasteiger partial charge in [-0.05, 0) is 54.4 Å². The first-order valence-corrected chi connectivity index (χ1v) is 14.5. The molecule has 250 valence electrons. The third kappa shape index (κ3) is 8.92. The van der Waals surface area contributed by atoms with Crippen molar-refractivity contribution in [1.29, 1.82) is 0 Å². The van der Waals surface area contributed by atoms with Crippen molar-refractivity contribution in [3.8, 4) is 0 Å². The van der Waals surface area contributed by atoms with Crippen LogP contribution in [0, 0.1) is 11.8 Å². The van der Waals surface area contributed by atoms with Gasteiger partial charge in [0.25, 0.3) is 0 Å². The van der Waals surface area contributed by atoms with Crippen LogP contribution in [0.2, 0.25) is 0 Å². The number of hydrogen-bond donors (Lipinski definition) is 0. The third-order valence-electron chi connectivity index (χ3n) is 7.36. The van der Waals surface area contributed by atoms with Gasteiger partial charge in [-0.25, -0.2) is 28.8 Å². The van der Waals surface area contributed by atoms with Gasteiger partial charge in [-0.1, -0.05) is 39.5 Å². The van der Waals surface area contributed by atoms with Crippen LogP contribution in [0.1, 0.15) is 54.4 Å². The maximum atomic E-state index is 13.1. The van der Waals surface area contributed by atoms with Gasteiger partial charge in [-0.3, -0.25) is 0 Å². The van der Waals surface area contributed by atoms with Crippen molar-refractivity contribution in [2.45, 2.75) is 91.0 Å². The fraction of sp³-hybridized carbons (Fsp3) is 0.471. The zero-order valence-corrected chi connectivity index (χ0v) is 27.2. The minimum atomic E-state index is -1.67. The Labute approximate surface area is 268 Å². The van der Waals surface area contributed by atoms with Crippen molar-refractivity contribution >= 4 is 35.8 Å². The van der Waals surface area contributed by atoms with Gasteiger partial charge in [-0.2, -0.15) is 0 Å². The first kappa shape index (κ1) is 37.4. The molecular weight excluding hydrogens is 600 g/mol. The molecule has 2 aliphatic rings. The van der Waals surface area contributed by atoms with Gasteiger partial charge in [-0.15, -0.1) is 0 Å². The van der Waals surface area contributed by atoms with Crippen LogP contribution in [0.3, 0.4) is 0 Å². The Morgan fingerprint density at radius 2 is 0.674 bits per heavy atom. The van der Waals surface area contributed by atoms with E-state index < -0.39 is 84.3 Å². The fourth-order valence-corrected chi connectivity index (χ4v) is 5.06.